The van der Waals surface area contributed by atoms with Gasteiger partial charge in [-0.25, -0.2) is 4.39 Å². The lowest BCUT2D eigenvalue weighted by Crippen LogP contribution is -2.42. The first-order valence-corrected chi connectivity index (χ1v) is 4.32. The molecule has 2 nitrogen and oxygen atoms in total. The van der Waals surface area contributed by atoms with Crippen LogP contribution >= 0.6 is 0 Å². The second-order valence-corrected chi connectivity index (χ2v) is 3.24. The number of halogens is 7. The second-order valence-electron chi connectivity index (χ2n) is 3.24. The Morgan fingerprint density at radius 1 is 1.11 bits per heavy atom. The van der Waals surface area contributed by atoms with Gasteiger partial charge in [-0.15, -0.1) is 0 Å². The fourth-order valence-electron chi connectivity index (χ4n) is 1.21. The number of alkyl halides is 6. The number of carbonyl (C=O) groups excluding carboxylic acids is 1. The molecule has 1 heterocycles. The highest BCUT2D eigenvalue weighted by atomic mass is 19.4. The van der Waals surface area contributed by atoms with E-state index in [-0.39, 0.29) is 0 Å². The van der Waals surface area contributed by atoms with Gasteiger partial charge in [-0.1, -0.05) is 0 Å². The number of rotatable bonds is 2. The predicted octanol–water partition coefficient (Wildman–Crippen LogP) is 3.14. The van der Waals surface area contributed by atoms with Gasteiger partial charge in [-0.3, -0.25) is 9.78 Å². The number of hydrogen-bond donors (Lipinski definition) is 0. The highest BCUT2D eigenvalue weighted by Crippen LogP contribution is 2.41. The van der Waals surface area contributed by atoms with Gasteiger partial charge < -0.3 is 0 Å². The van der Waals surface area contributed by atoms with Crippen LogP contribution in [0.25, 0.3) is 0 Å². The second kappa shape index (κ2) is 4.54. The van der Waals surface area contributed by atoms with Crippen LogP contribution in [0, 0.1) is 11.7 Å². The Kier molecular flexibility index (Phi) is 3.63. The summed E-state index contributed by atoms with van der Waals surface area (Å²) in [6.45, 7) is 0. The van der Waals surface area contributed by atoms with Crippen molar-refractivity contribution in [1.82, 2.24) is 4.98 Å². The van der Waals surface area contributed by atoms with Crippen LogP contribution in [0.5, 0.6) is 0 Å². The fraction of sp³-hybridized carbons (Fsp3) is 0.333. The highest BCUT2D eigenvalue weighted by molar-refractivity contribution is 5.98. The summed E-state index contributed by atoms with van der Waals surface area (Å²) in [5.41, 5.74) is -1.30. The Bertz CT molecular complexity index is 437. The lowest BCUT2D eigenvalue weighted by Gasteiger charge is -2.21. The summed E-state index contributed by atoms with van der Waals surface area (Å²) in [5.74, 6) is -8.18. The first-order chi connectivity index (χ1) is 8.05. The third kappa shape index (κ3) is 2.96. The summed E-state index contributed by atoms with van der Waals surface area (Å²) >= 11 is 0. The van der Waals surface area contributed by atoms with Gasteiger partial charge in [0.1, 0.15) is 0 Å². The number of aromatic nitrogens is 1. The van der Waals surface area contributed by atoms with E-state index < -0.39 is 35.4 Å². The molecule has 0 aliphatic rings. The molecule has 1 aromatic rings. The highest BCUT2D eigenvalue weighted by Gasteiger charge is 2.61. The minimum Gasteiger partial charge on any atom is -0.293 e. The molecule has 0 aromatic carbocycles. The zero-order valence-electron chi connectivity index (χ0n) is 8.31. The van der Waals surface area contributed by atoms with Crippen molar-refractivity contribution < 1.29 is 35.5 Å². The summed E-state index contributed by atoms with van der Waals surface area (Å²) in [6, 6.07) is 0.460. The maximum absolute atomic E-state index is 13.0. The molecular weight excluding hydrogens is 271 g/mol. The van der Waals surface area contributed by atoms with Crippen LogP contribution in [0.3, 0.4) is 0 Å². The molecule has 0 radical (unpaired) electrons. The maximum Gasteiger partial charge on any atom is 0.407 e. The predicted molar refractivity (Wildman–Crippen MR) is 44.1 cm³/mol. The van der Waals surface area contributed by atoms with Crippen molar-refractivity contribution >= 4 is 5.78 Å². The SMILES string of the molecule is O=C(c1ccncc1F)C(C(F)(F)F)C(F)(F)F. The van der Waals surface area contributed by atoms with Crippen LogP contribution in [0.1, 0.15) is 10.4 Å². The molecule has 0 aliphatic heterocycles. The minimum absolute atomic E-state index is 0.358. The van der Waals surface area contributed by atoms with Crippen LogP contribution in [0.2, 0.25) is 0 Å². The topological polar surface area (TPSA) is 30.0 Å². The normalized spacial score (nSPS) is 12.9. The van der Waals surface area contributed by atoms with E-state index in [0.29, 0.717) is 12.3 Å². The van der Waals surface area contributed by atoms with E-state index in [1.165, 1.54) is 0 Å². The molecule has 0 aliphatic carbocycles. The number of ketones is 1. The Morgan fingerprint density at radius 3 is 2.00 bits per heavy atom. The Hall–Kier alpha value is -1.67. The van der Waals surface area contributed by atoms with Crippen molar-refractivity contribution in [3.63, 3.8) is 0 Å². The number of carbonyl (C=O) groups is 1. The lowest BCUT2D eigenvalue weighted by molar-refractivity contribution is -0.264. The third-order valence-corrected chi connectivity index (χ3v) is 1.95. The molecule has 0 amide bonds. The van der Waals surface area contributed by atoms with Gasteiger partial charge in [0.05, 0.1) is 11.8 Å². The lowest BCUT2D eigenvalue weighted by atomic mass is 9.97. The van der Waals surface area contributed by atoms with Crippen molar-refractivity contribution in [2.75, 3.05) is 0 Å². The minimum atomic E-state index is -5.84. The van der Waals surface area contributed by atoms with Gasteiger partial charge in [0.25, 0.3) is 0 Å². The van der Waals surface area contributed by atoms with E-state index >= 15 is 0 Å². The molecule has 0 spiro atoms. The smallest absolute Gasteiger partial charge is 0.293 e. The molecule has 1 rings (SSSR count). The average molecular weight is 275 g/mol. The van der Waals surface area contributed by atoms with Crippen molar-refractivity contribution in [2.24, 2.45) is 5.92 Å². The van der Waals surface area contributed by atoms with Crippen LogP contribution in [0.4, 0.5) is 30.7 Å². The van der Waals surface area contributed by atoms with E-state index in [9.17, 15) is 35.5 Å². The summed E-state index contributed by atoms with van der Waals surface area (Å²) < 4.78 is 86.2. The molecule has 0 unspecified atom stereocenters. The van der Waals surface area contributed by atoms with Gasteiger partial charge in [-0.05, 0) is 6.07 Å². The van der Waals surface area contributed by atoms with E-state index in [2.05, 4.69) is 4.98 Å². The van der Waals surface area contributed by atoms with Gasteiger partial charge in [-0.2, -0.15) is 26.3 Å². The molecular formula is C9H4F7NO. The quantitative estimate of drug-likeness (QED) is 0.613. The Labute approximate surface area is 95.4 Å². The Balaban J connectivity index is 3.25. The third-order valence-electron chi connectivity index (χ3n) is 1.95. The first kappa shape index (κ1) is 14.4. The van der Waals surface area contributed by atoms with E-state index in [4.69, 9.17) is 0 Å². The Morgan fingerprint density at radius 2 is 1.61 bits per heavy atom. The van der Waals surface area contributed by atoms with Crippen LogP contribution in [0.15, 0.2) is 18.5 Å². The summed E-state index contributed by atoms with van der Waals surface area (Å²) in [5, 5.41) is 0. The standard InChI is InChI=1S/C9H4F7NO/c10-5-3-17-2-1-4(5)6(18)7(8(11,12)13)9(14,15)16/h1-3,7H. The van der Waals surface area contributed by atoms with Crippen molar-refractivity contribution in [3.05, 3.63) is 29.8 Å². The molecule has 0 fully saturated rings. The molecule has 9 heteroatoms. The van der Waals surface area contributed by atoms with Crippen LogP contribution in [-0.2, 0) is 0 Å². The fourth-order valence-corrected chi connectivity index (χ4v) is 1.21. The van der Waals surface area contributed by atoms with Crippen molar-refractivity contribution in [1.29, 1.82) is 0 Å². The number of hydrogen-bond acceptors (Lipinski definition) is 2. The maximum atomic E-state index is 13.0. The molecule has 0 saturated heterocycles. The molecule has 0 bridgehead atoms. The number of nitrogens with zero attached hydrogens (tertiary/aromatic N) is 1. The van der Waals surface area contributed by atoms with Gasteiger partial charge in [0.2, 0.25) is 5.92 Å². The average Bonchev–Trinajstić information content (AvgIpc) is 2.13. The zero-order chi connectivity index (χ0) is 14.1. The van der Waals surface area contributed by atoms with Crippen molar-refractivity contribution in [2.45, 2.75) is 12.4 Å². The van der Waals surface area contributed by atoms with Crippen LogP contribution < -0.4 is 0 Å². The number of Topliss-reactive ketones (excluding diaryl/α,β-unsaturated/α-hetero) is 1. The number of pyridine rings is 1. The van der Waals surface area contributed by atoms with Crippen molar-refractivity contribution in [3.8, 4) is 0 Å². The zero-order valence-corrected chi connectivity index (χ0v) is 8.31. The summed E-state index contributed by atoms with van der Waals surface area (Å²) in [4.78, 5) is 14.3. The van der Waals surface area contributed by atoms with Gasteiger partial charge in [0, 0.05) is 6.20 Å². The van der Waals surface area contributed by atoms with Gasteiger partial charge >= 0.3 is 12.4 Å². The largest absolute Gasteiger partial charge is 0.407 e. The first-order valence-electron chi connectivity index (χ1n) is 4.32. The van der Waals surface area contributed by atoms with Gasteiger partial charge in [0.15, 0.2) is 11.6 Å². The molecule has 0 saturated carbocycles. The molecule has 0 N–H and O–H groups in total. The molecule has 1 aromatic heterocycles. The van der Waals surface area contributed by atoms with E-state index in [0.717, 1.165) is 6.20 Å². The summed E-state index contributed by atoms with van der Waals surface area (Å²) in [6.07, 6.45) is -10.6. The monoisotopic (exact) mass is 275 g/mol. The van der Waals surface area contributed by atoms with Crippen LogP contribution in [-0.4, -0.2) is 23.1 Å². The van der Waals surface area contributed by atoms with E-state index in [1.807, 2.05) is 0 Å². The van der Waals surface area contributed by atoms with E-state index in [1.54, 1.807) is 0 Å². The summed E-state index contributed by atoms with van der Waals surface area (Å²) in [7, 11) is 0. The molecule has 18 heavy (non-hydrogen) atoms. The molecule has 100 valence electrons. The molecule has 0 atom stereocenters.